The van der Waals surface area contributed by atoms with Crippen molar-refractivity contribution in [3.8, 4) is 0 Å². The molecule has 1 heterocycles. The lowest BCUT2D eigenvalue weighted by atomic mass is 10.2. The third-order valence-electron chi connectivity index (χ3n) is 3.73. The molecule has 2 N–H and O–H groups in total. The molecule has 0 spiro atoms. The highest BCUT2D eigenvalue weighted by atomic mass is 32.2. The minimum absolute atomic E-state index is 0.122. The zero-order valence-electron chi connectivity index (χ0n) is 13.8. The quantitative estimate of drug-likeness (QED) is 0.627. The summed E-state index contributed by atoms with van der Waals surface area (Å²) >= 11 is 1.52. The largest absolute Gasteiger partial charge is 0.481 e. The Hall–Kier alpha value is -1.58. The molecule has 1 aliphatic heterocycles. The van der Waals surface area contributed by atoms with E-state index < -0.39 is 16.0 Å². The van der Waals surface area contributed by atoms with Gasteiger partial charge in [-0.3, -0.25) is 9.59 Å². The predicted octanol–water partition coefficient (Wildman–Crippen LogP) is 1.76. The summed E-state index contributed by atoms with van der Waals surface area (Å²) in [6, 6.07) is 7.36. The highest BCUT2D eigenvalue weighted by Gasteiger charge is 2.28. The Balaban J connectivity index is 1.78. The second-order valence-corrected chi connectivity index (χ2v) is 8.96. The Morgan fingerprint density at radius 1 is 1.28 bits per heavy atom. The van der Waals surface area contributed by atoms with Gasteiger partial charge < -0.3 is 10.4 Å². The van der Waals surface area contributed by atoms with Crippen molar-refractivity contribution in [3.05, 3.63) is 29.8 Å². The minimum atomic E-state index is -3.17. The number of carboxylic acid groups (broad SMARTS) is 1. The lowest BCUT2D eigenvalue weighted by Gasteiger charge is -2.14. The Morgan fingerprint density at radius 3 is 2.76 bits per heavy atom. The standard InChI is InChI=1S/C16H22N2O5S2/c19-15(5-8-18-7-2-10-25(18,22)23)17-14-4-1-3-13(11-14)12-24-9-6-16(20)21/h1,3-4,11H,2,5-10,12H2,(H,17,19)(H,20,21). The Labute approximate surface area is 151 Å². The van der Waals surface area contributed by atoms with E-state index in [-0.39, 0.29) is 31.0 Å². The minimum Gasteiger partial charge on any atom is -0.481 e. The smallest absolute Gasteiger partial charge is 0.304 e. The number of anilines is 1. The number of aliphatic carboxylic acids is 1. The summed E-state index contributed by atoms with van der Waals surface area (Å²) in [7, 11) is -3.17. The van der Waals surface area contributed by atoms with Crippen LogP contribution in [0, 0.1) is 0 Å². The van der Waals surface area contributed by atoms with E-state index >= 15 is 0 Å². The highest BCUT2D eigenvalue weighted by Crippen LogP contribution is 2.18. The summed E-state index contributed by atoms with van der Waals surface area (Å²) in [5.41, 5.74) is 1.65. The molecule has 1 aromatic rings. The van der Waals surface area contributed by atoms with Crippen LogP contribution >= 0.6 is 11.8 Å². The van der Waals surface area contributed by atoms with Crippen LogP contribution in [-0.2, 0) is 25.4 Å². The molecule has 1 amide bonds. The number of nitrogens with zero attached hydrogens (tertiary/aromatic N) is 1. The van der Waals surface area contributed by atoms with Crippen molar-refractivity contribution in [2.45, 2.75) is 25.0 Å². The first kappa shape index (κ1) is 19.7. The molecule has 1 saturated heterocycles. The van der Waals surface area contributed by atoms with Crippen molar-refractivity contribution >= 4 is 39.3 Å². The molecule has 1 aromatic carbocycles. The van der Waals surface area contributed by atoms with Crippen molar-refractivity contribution in [1.82, 2.24) is 4.31 Å². The first-order valence-corrected chi connectivity index (χ1v) is 10.8. The van der Waals surface area contributed by atoms with Crippen LogP contribution in [0.1, 0.15) is 24.8 Å². The fourth-order valence-electron chi connectivity index (χ4n) is 2.48. The topological polar surface area (TPSA) is 104 Å². The van der Waals surface area contributed by atoms with E-state index in [1.165, 1.54) is 16.1 Å². The van der Waals surface area contributed by atoms with Gasteiger partial charge in [0.05, 0.1) is 12.2 Å². The zero-order valence-corrected chi connectivity index (χ0v) is 15.4. The molecule has 0 aliphatic carbocycles. The number of carboxylic acids is 1. The van der Waals surface area contributed by atoms with Gasteiger partial charge in [0.15, 0.2) is 0 Å². The molecule has 0 saturated carbocycles. The van der Waals surface area contributed by atoms with Crippen LogP contribution < -0.4 is 5.32 Å². The summed E-state index contributed by atoms with van der Waals surface area (Å²) in [5, 5.41) is 11.4. The van der Waals surface area contributed by atoms with Crippen LogP contribution in [0.5, 0.6) is 0 Å². The van der Waals surface area contributed by atoms with Crippen molar-refractivity contribution in [1.29, 1.82) is 0 Å². The number of hydrogen-bond acceptors (Lipinski definition) is 5. The van der Waals surface area contributed by atoms with Gasteiger partial charge in [0.25, 0.3) is 0 Å². The van der Waals surface area contributed by atoms with Crippen LogP contribution in [0.25, 0.3) is 0 Å². The lowest BCUT2D eigenvalue weighted by molar-refractivity contribution is -0.136. The zero-order chi connectivity index (χ0) is 18.3. The van der Waals surface area contributed by atoms with Gasteiger partial charge in [0.1, 0.15) is 0 Å². The molecule has 2 rings (SSSR count). The van der Waals surface area contributed by atoms with Crippen LogP contribution in [0.3, 0.4) is 0 Å². The number of sulfonamides is 1. The Morgan fingerprint density at radius 2 is 2.08 bits per heavy atom. The molecule has 1 fully saturated rings. The molecule has 1 aliphatic rings. The number of carbonyl (C=O) groups is 2. The molecule has 0 aromatic heterocycles. The van der Waals surface area contributed by atoms with Gasteiger partial charge in [-0.15, -0.1) is 0 Å². The molecule has 0 bridgehead atoms. The van der Waals surface area contributed by atoms with Crippen molar-refractivity contribution in [2.75, 3.05) is 29.9 Å². The van der Waals surface area contributed by atoms with E-state index in [9.17, 15) is 18.0 Å². The summed E-state index contributed by atoms with van der Waals surface area (Å²) in [5.74, 6) is 0.335. The number of thioether (sulfide) groups is 1. The number of nitrogens with one attached hydrogen (secondary N) is 1. The van der Waals surface area contributed by atoms with Gasteiger partial charge in [0.2, 0.25) is 15.9 Å². The summed E-state index contributed by atoms with van der Waals surface area (Å²) in [4.78, 5) is 22.5. The van der Waals surface area contributed by atoms with E-state index in [1.54, 1.807) is 6.07 Å². The summed E-state index contributed by atoms with van der Waals surface area (Å²) in [6.07, 6.45) is 0.864. The number of benzene rings is 1. The van der Waals surface area contributed by atoms with Gasteiger partial charge in [-0.25, -0.2) is 12.7 Å². The Kier molecular flexibility index (Phi) is 7.27. The van der Waals surface area contributed by atoms with E-state index in [1.807, 2.05) is 18.2 Å². The van der Waals surface area contributed by atoms with Gasteiger partial charge >= 0.3 is 5.97 Å². The van der Waals surface area contributed by atoms with E-state index in [0.717, 1.165) is 5.56 Å². The first-order chi connectivity index (χ1) is 11.9. The average molecular weight is 386 g/mol. The molecule has 9 heteroatoms. The molecular formula is C16H22N2O5S2. The maximum Gasteiger partial charge on any atom is 0.304 e. The maximum atomic E-state index is 12.0. The lowest BCUT2D eigenvalue weighted by Crippen LogP contribution is -2.29. The summed E-state index contributed by atoms with van der Waals surface area (Å²) in [6.45, 7) is 0.692. The third-order valence-corrected chi connectivity index (χ3v) is 6.72. The van der Waals surface area contributed by atoms with Crippen LogP contribution in [0.15, 0.2) is 24.3 Å². The number of rotatable bonds is 9. The fraction of sp³-hybridized carbons (Fsp3) is 0.500. The van der Waals surface area contributed by atoms with Crippen molar-refractivity contribution < 1.29 is 23.1 Å². The van der Waals surface area contributed by atoms with Crippen molar-refractivity contribution in [3.63, 3.8) is 0 Å². The van der Waals surface area contributed by atoms with E-state index in [4.69, 9.17) is 5.11 Å². The summed E-state index contributed by atoms with van der Waals surface area (Å²) < 4.78 is 24.8. The van der Waals surface area contributed by atoms with Crippen LogP contribution in [0.4, 0.5) is 5.69 Å². The second kappa shape index (κ2) is 9.21. The monoisotopic (exact) mass is 386 g/mol. The molecule has 7 nitrogen and oxygen atoms in total. The van der Waals surface area contributed by atoms with Gasteiger partial charge in [-0.2, -0.15) is 11.8 Å². The maximum absolute atomic E-state index is 12.0. The van der Waals surface area contributed by atoms with Crippen molar-refractivity contribution in [2.24, 2.45) is 0 Å². The van der Waals surface area contributed by atoms with Crippen LogP contribution in [-0.4, -0.2) is 54.3 Å². The van der Waals surface area contributed by atoms with E-state index in [0.29, 0.717) is 30.2 Å². The molecule has 25 heavy (non-hydrogen) atoms. The number of carbonyl (C=O) groups excluding carboxylic acids is 1. The van der Waals surface area contributed by atoms with Gasteiger partial charge in [-0.05, 0) is 24.1 Å². The van der Waals surface area contributed by atoms with Gasteiger partial charge in [0, 0.05) is 36.7 Å². The second-order valence-electron chi connectivity index (χ2n) is 5.76. The molecule has 0 radical (unpaired) electrons. The van der Waals surface area contributed by atoms with E-state index in [2.05, 4.69) is 5.32 Å². The molecule has 0 unspecified atom stereocenters. The SMILES string of the molecule is O=C(O)CCSCc1cccc(NC(=O)CCN2CCCS2(=O)=O)c1. The fourth-order valence-corrected chi connectivity index (χ4v) is 4.89. The number of amides is 1. The van der Waals surface area contributed by atoms with Crippen LogP contribution in [0.2, 0.25) is 0 Å². The third kappa shape index (κ3) is 6.68. The highest BCUT2D eigenvalue weighted by molar-refractivity contribution is 7.98. The predicted molar refractivity (Wildman–Crippen MR) is 98.1 cm³/mol. The molecular weight excluding hydrogens is 364 g/mol. The Bertz CT molecular complexity index is 721. The normalized spacial score (nSPS) is 16.6. The molecule has 0 atom stereocenters. The first-order valence-electron chi connectivity index (χ1n) is 8.03. The average Bonchev–Trinajstić information content (AvgIpc) is 2.88. The molecule has 138 valence electrons. The van der Waals surface area contributed by atoms with Gasteiger partial charge in [-0.1, -0.05) is 12.1 Å². The number of hydrogen-bond donors (Lipinski definition) is 2.